The summed E-state index contributed by atoms with van der Waals surface area (Å²) in [7, 11) is 0. The van der Waals surface area contributed by atoms with Gasteiger partial charge in [-0.1, -0.05) is 13.8 Å². The van der Waals surface area contributed by atoms with Crippen LogP contribution in [-0.2, 0) is 16.0 Å². The summed E-state index contributed by atoms with van der Waals surface area (Å²) in [5.41, 5.74) is 6.56. The molecule has 1 atom stereocenters. The standard InChI is InChI=1S/C11H18N4O3.C2H6/c12-9(3-4-10(16)17)11(18)14-5-1-2-8-6-13-7-15-8;1-2/h6-7,9H,1-5,12H2,(H,13,15)(H,14,18)(H,16,17);1-2H3. The van der Waals surface area contributed by atoms with Crippen LogP contribution in [0.3, 0.4) is 0 Å². The summed E-state index contributed by atoms with van der Waals surface area (Å²) in [5.74, 6) is -1.25. The number of hydrogen-bond acceptors (Lipinski definition) is 4. The monoisotopic (exact) mass is 284 g/mol. The Balaban J connectivity index is 0.00000172. The molecule has 1 aromatic rings. The number of carboxylic acids is 1. The maximum Gasteiger partial charge on any atom is 0.303 e. The number of nitrogens with two attached hydrogens (primary N) is 1. The number of carboxylic acid groups (broad SMARTS) is 1. The number of nitrogens with one attached hydrogen (secondary N) is 2. The lowest BCUT2D eigenvalue weighted by molar-refractivity contribution is -0.137. The van der Waals surface area contributed by atoms with Gasteiger partial charge in [-0.25, -0.2) is 4.98 Å². The van der Waals surface area contributed by atoms with Gasteiger partial charge in [0.05, 0.1) is 12.4 Å². The van der Waals surface area contributed by atoms with E-state index in [0.29, 0.717) is 6.54 Å². The molecule has 0 aromatic carbocycles. The molecular formula is C13H24N4O3. The van der Waals surface area contributed by atoms with Crippen LogP contribution in [0.15, 0.2) is 12.5 Å². The molecule has 1 heterocycles. The third-order valence-corrected chi connectivity index (χ3v) is 2.48. The molecule has 0 aliphatic rings. The fourth-order valence-corrected chi connectivity index (χ4v) is 1.45. The van der Waals surface area contributed by atoms with Crippen LogP contribution in [0.1, 0.15) is 38.8 Å². The highest BCUT2D eigenvalue weighted by molar-refractivity contribution is 5.82. The number of nitrogens with zero attached hydrogens (tertiary/aromatic N) is 1. The number of aryl methyl sites for hydroxylation is 1. The van der Waals surface area contributed by atoms with Crippen molar-refractivity contribution in [3.05, 3.63) is 18.2 Å². The van der Waals surface area contributed by atoms with E-state index in [1.54, 1.807) is 12.5 Å². The van der Waals surface area contributed by atoms with Crippen LogP contribution in [0.5, 0.6) is 0 Å². The van der Waals surface area contributed by atoms with Crippen LogP contribution in [-0.4, -0.2) is 39.5 Å². The van der Waals surface area contributed by atoms with Crippen LogP contribution < -0.4 is 11.1 Å². The summed E-state index contributed by atoms with van der Waals surface area (Å²) in [6.45, 7) is 4.51. The molecule has 0 saturated heterocycles. The molecule has 7 nitrogen and oxygen atoms in total. The molecule has 0 aliphatic carbocycles. The van der Waals surface area contributed by atoms with Crippen LogP contribution >= 0.6 is 0 Å². The van der Waals surface area contributed by atoms with E-state index in [2.05, 4.69) is 15.3 Å². The second kappa shape index (κ2) is 11.0. The number of rotatable bonds is 8. The fraction of sp³-hybridized carbons (Fsp3) is 0.615. The molecule has 7 heteroatoms. The first-order valence-corrected chi connectivity index (χ1v) is 6.82. The van der Waals surface area contributed by atoms with E-state index in [1.807, 2.05) is 13.8 Å². The van der Waals surface area contributed by atoms with Gasteiger partial charge in [0.15, 0.2) is 0 Å². The number of hydrogen-bond donors (Lipinski definition) is 4. The second-order valence-corrected chi connectivity index (χ2v) is 4.01. The van der Waals surface area contributed by atoms with Crippen LogP contribution in [0, 0.1) is 0 Å². The maximum atomic E-state index is 11.5. The number of H-pyrrole nitrogens is 1. The van der Waals surface area contributed by atoms with Crippen LogP contribution in [0.25, 0.3) is 0 Å². The molecule has 1 amide bonds. The van der Waals surface area contributed by atoms with Gasteiger partial charge >= 0.3 is 5.97 Å². The van der Waals surface area contributed by atoms with Gasteiger partial charge < -0.3 is 21.1 Å². The summed E-state index contributed by atoms with van der Waals surface area (Å²) in [6.07, 6.45) is 4.98. The molecular weight excluding hydrogens is 260 g/mol. The van der Waals surface area contributed by atoms with Crippen LogP contribution in [0.4, 0.5) is 0 Å². The topological polar surface area (TPSA) is 121 Å². The van der Waals surface area contributed by atoms with E-state index >= 15 is 0 Å². The van der Waals surface area contributed by atoms with Gasteiger partial charge in [0.25, 0.3) is 0 Å². The van der Waals surface area contributed by atoms with Gasteiger partial charge in [0.2, 0.25) is 5.91 Å². The molecule has 0 spiro atoms. The third-order valence-electron chi connectivity index (χ3n) is 2.48. The molecule has 114 valence electrons. The van der Waals surface area contributed by atoms with E-state index < -0.39 is 12.0 Å². The zero-order chi connectivity index (χ0) is 15.4. The molecule has 1 aromatic heterocycles. The number of amides is 1. The number of aliphatic carboxylic acids is 1. The summed E-state index contributed by atoms with van der Waals surface area (Å²) in [6, 6.07) is -0.756. The minimum atomic E-state index is -0.947. The number of imidazole rings is 1. The maximum absolute atomic E-state index is 11.5. The van der Waals surface area contributed by atoms with Crippen molar-refractivity contribution in [3.8, 4) is 0 Å². The Hall–Kier alpha value is -1.89. The summed E-state index contributed by atoms with van der Waals surface area (Å²) >= 11 is 0. The molecule has 0 fully saturated rings. The first kappa shape index (κ1) is 18.1. The molecule has 0 bridgehead atoms. The Kier molecular flexibility index (Phi) is 9.94. The van der Waals surface area contributed by atoms with Crippen molar-refractivity contribution in [2.75, 3.05) is 6.54 Å². The van der Waals surface area contributed by atoms with Gasteiger partial charge in [0.1, 0.15) is 0 Å². The van der Waals surface area contributed by atoms with Crippen molar-refractivity contribution in [2.24, 2.45) is 5.73 Å². The lowest BCUT2D eigenvalue weighted by atomic mass is 10.1. The minimum absolute atomic E-state index is 0.0945. The SMILES string of the molecule is CC.NC(CCC(=O)O)C(=O)NCCCc1cnc[nH]1. The molecule has 1 unspecified atom stereocenters. The first-order valence-electron chi connectivity index (χ1n) is 6.82. The molecule has 0 aliphatic heterocycles. The van der Waals surface area contributed by atoms with E-state index in [9.17, 15) is 9.59 Å². The molecule has 5 N–H and O–H groups in total. The molecule has 1 rings (SSSR count). The zero-order valence-electron chi connectivity index (χ0n) is 12.1. The third kappa shape index (κ3) is 8.25. The van der Waals surface area contributed by atoms with Crippen molar-refractivity contribution < 1.29 is 14.7 Å². The van der Waals surface area contributed by atoms with Gasteiger partial charge in [-0.2, -0.15) is 0 Å². The van der Waals surface area contributed by atoms with Crippen molar-refractivity contribution in [3.63, 3.8) is 0 Å². The van der Waals surface area contributed by atoms with Crippen LogP contribution in [0.2, 0.25) is 0 Å². The van der Waals surface area contributed by atoms with Gasteiger partial charge in [-0.05, 0) is 19.3 Å². The highest BCUT2D eigenvalue weighted by Gasteiger charge is 2.13. The predicted octanol–water partition coefficient (Wildman–Crippen LogP) is 0.677. The summed E-state index contributed by atoms with van der Waals surface area (Å²) < 4.78 is 0. The Morgan fingerprint density at radius 1 is 1.50 bits per heavy atom. The second-order valence-electron chi connectivity index (χ2n) is 4.01. The normalized spacial score (nSPS) is 11.2. The quantitative estimate of drug-likeness (QED) is 0.523. The minimum Gasteiger partial charge on any atom is -0.481 e. The van der Waals surface area contributed by atoms with Crippen molar-refractivity contribution >= 4 is 11.9 Å². The van der Waals surface area contributed by atoms with E-state index in [1.165, 1.54) is 0 Å². The Morgan fingerprint density at radius 2 is 2.20 bits per heavy atom. The molecule has 0 saturated carbocycles. The first-order chi connectivity index (χ1) is 9.59. The zero-order valence-corrected chi connectivity index (χ0v) is 12.1. The Bertz CT molecular complexity index is 379. The highest BCUT2D eigenvalue weighted by Crippen LogP contribution is 1.97. The van der Waals surface area contributed by atoms with Crippen molar-refractivity contribution in [1.82, 2.24) is 15.3 Å². The Morgan fingerprint density at radius 3 is 2.75 bits per heavy atom. The predicted molar refractivity (Wildman–Crippen MR) is 76.1 cm³/mol. The lowest BCUT2D eigenvalue weighted by Gasteiger charge is -2.10. The largest absolute Gasteiger partial charge is 0.481 e. The average Bonchev–Trinajstić information content (AvgIpc) is 2.96. The molecule has 0 radical (unpaired) electrons. The highest BCUT2D eigenvalue weighted by atomic mass is 16.4. The summed E-state index contributed by atoms with van der Waals surface area (Å²) in [5, 5.41) is 11.1. The fourth-order valence-electron chi connectivity index (χ4n) is 1.45. The molecule has 20 heavy (non-hydrogen) atoms. The van der Waals surface area contributed by atoms with Crippen molar-refractivity contribution in [1.29, 1.82) is 0 Å². The summed E-state index contributed by atoms with van der Waals surface area (Å²) in [4.78, 5) is 28.6. The smallest absolute Gasteiger partial charge is 0.303 e. The van der Waals surface area contributed by atoms with E-state index in [4.69, 9.17) is 10.8 Å². The van der Waals surface area contributed by atoms with Gasteiger partial charge in [0, 0.05) is 24.9 Å². The van der Waals surface area contributed by atoms with Crippen molar-refractivity contribution in [2.45, 2.75) is 45.6 Å². The Labute approximate surface area is 119 Å². The number of carbonyl (C=O) groups excluding carboxylic acids is 1. The van der Waals surface area contributed by atoms with E-state index in [-0.39, 0.29) is 18.7 Å². The van der Waals surface area contributed by atoms with E-state index in [0.717, 1.165) is 18.5 Å². The van der Waals surface area contributed by atoms with Gasteiger partial charge in [-0.15, -0.1) is 0 Å². The van der Waals surface area contributed by atoms with Gasteiger partial charge in [-0.3, -0.25) is 9.59 Å². The average molecular weight is 284 g/mol. The lowest BCUT2D eigenvalue weighted by Crippen LogP contribution is -2.41. The number of carbonyl (C=O) groups is 2. The number of aromatic amines is 1. The number of aromatic nitrogens is 2.